The zero-order valence-electron chi connectivity index (χ0n) is 17.4. The Morgan fingerprint density at radius 2 is 1.93 bits per heavy atom. The lowest BCUT2D eigenvalue weighted by molar-refractivity contribution is 0.0952. The van der Waals surface area contributed by atoms with Crippen molar-refractivity contribution in [2.75, 3.05) is 6.54 Å². The van der Waals surface area contributed by atoms with Crippen molar-refractivity contribution in [3.8, 4) is 5.75 Å². The average molecular weight is 392 g/mol. The molecular formula is C24H29N3O2. The molecule has 152 valence electrons. The molecule has 0 aliphatic heterocycles. The molecule has 0 unspecified atom stereocenters. The molecule has 5 heteroatoms. The van der Waals surface area contributed by atoms with Crippen LogP contribution in [0.3, 0.4) is 0 Å². The maximum atomic E-state index is 12.4. The van der Waals surface area contributed by atoms with Crippen molar-refractivity contribution >= 4 is 5.91 Å². The number of hydrogen-bond acceptors (Lipinski definition) is 3. The monoisotopic (exact) mass is 391 g/mol. The third-order valence-electron chi connectivity index (χ3n) is 4.90. The minimum absolute atomic E-state index is 0.0645. The average Bonchev–Trinajstić information content (AvgIpc) is 3.14. The van der Waals surface area contributed by atoms with E-state index in [0.29, 0.717) is 24.6 Å². The van der Waals surface area contributed by atoms with Crippen LogP contribution in [-0.4, -0.2) is 22.2 Å². The summed E-state index contributed by atoms with van der Waals surface area (Å²) in [5.41, 5.74) is 4.04. The van der Waals surface area contributed by atoms with Crippen LogP contribution in [0.5, 0.6) is 5.75 Å². The summed E-state index contributed by atoms with van der Waals surface area (Å²) >= 11 is 0. The Kier molecular flexibility index (Phi) is 7.06. The SMILES string of the molecule is Cc1ccnn1CCCNC(=O)c1cccc(COc2ccc(C(C)C)cc2)c1. The molecule has 0 radical (unpaired) electrons. The van der Waals surface area contributed by atoms with E-state index in [1.165, 1.54) is 5.56 Å². The van der Waals surface area contributed by atoms with Crippen molar-refractivity contribution in [3.05, 3.63) is 83.2 Å². The number of nitrogens with one attached hydrogen (secondary N) is 1. The third kappa shape index (κ3) is 5.95. The van der Waals surface area contributed by atoms with Crippen LogP contribution in [0.2, 0.25) is 0 Å². The van der Waals surface area contributed by atoms with E-state index in [2.05, 4.69) is 36.4 Å². The van der Waals surface area contributed by atoms with E-state index in [0.717, 1.165) is 30.0 Å². The molecule has 0 saturated heterocycles. The summed E-state index contributed by atoms with van der Waals surface area (Å²) < 4.78 is 7.81. The molecule has 2 aromatic carbocycles. The van der Waals surface area contributed by atoms with Gasteiger partial charge >= 0.3 is 0 Å². The first-order chi connectivity index (χ1) is 14.0. The molecule has 1 amide bonds. The van der Waals surface area contributed by atoms with Gasteiger partial charge in [0.15, 0.2) is 0 Å². The van der Waals surface area contributed by atoms with Gasteiger partial charge < -0.3 is 10.1 Å². The second-order valence-corrected chi connectivity index (χ2v) is 7.52. The summed E-state index contributed by atoms with van der Waals surface area (Å²) in [5, 5.41) is 7.23. The number of aromatic nitrogens is 2. The highest BCUT2D eigenvalue weighted by Gasteiger charge is 2.07. The van der Waals surface area contributed by atoms with E-state index < -0.39 is 0 Å². The lowest BCUT2D eigenvalue weighted by Gasteiger charge is -2.10. The van der Waals surface area contributed by atoms with Gasteiger partial charge in [0.2, 0.25) is 0 Å². The Labute approximate surface area is 172 Å². The smallest absolute Gasteiger partial charge is 0.251 e. The molecule has 1 aromatic heterocycles. The van der Waals surface area contributed by atoms with Crippen LogP contribution in [-0.2, 0) is 13.2 Å². The highest BCUT2D eigenvalue weighted by Crippen LogP contribution is 2.19. The molecule has 1 N–H and O–H groups in total. The van der Waals surface area contributed by atoms with Crippen molar-refractivity contribution in [2.45, 2.75) is 46.3 Å². The van der Waals surface area contributed by atoms with Gasteiger partial charge in [0.05, 0.1) is 0 Å². The Morgan fingerprint density at radius 1 is 1.14 bits per heavy atom. The quantitative estimate of drug-likeness (QED) is 0.537. The van der Waals surface area contributed by atoms with Crippen LogP contribution in [0.1, 0.15) is 53.4 Å². The highest BCUT2D eigenvalue weighted by atomic mass is 16.5. The maximum Gasteiger partial charge on any atom is 0.251 e. The van der Waals surface area contributed by atoms with Gasteiger partial charge in [-0.1, -0.05) is 38.1 Å². The van der Waals surface area contributed by atoms with Crippen molar-refractivity contribution in [3.63, 3.8) is 0 Å². The molecular weight excluding hydrogens is 362 g/mol. The van der Waals surface area contributed by atoms with E-state index in [1.54, 1.807) is 6.20 Å². The third-order valence-corrected chi connectivity index (χ3v) is 4.90. The van der Waals surface area contributed by atoms with Crippen LogP contribution < -0.4 is 10.1 Å². The van der Waals surface area contributed by atoms with E-state index in [9.17, 15) is 4.79 Å². The number of hydrogen-bond donors (Lipinski definition) is 1. The zero-order chi connectivity index (χ0) is 20.6. The number of amides is 1. The van der Waals surface area contributed by atoms with E-state index in [1.807, 2.05) is 54.1 Å². The molecule has 1 heterocycles. The van der Waals surface area contributed by atoms with Gasteiger partial charge in [0, 0.05) is 30.5 Å². The summed E-state index contributed by atoms with van der Waals surface area (Å²) in [6.07, 6.45) is 2.63. The number of carbonyl (C=O) groups excluding carboxylic acids is 1. The molecule has 0 atom stereocenters. The summed E-state index contributed by atoms with van der Waals surface area (Å²) in [6.45, 7) is 8.21. The van der Waals surface area contributed by atoms with Gasteiger partial charge in [0.1, 0.15) is 12.4 Å². The first kappa shape index (κ1) is 20.6. The predicted octanol–water partition coefficient (Wildman–Crippen LogP) is 4.71. The topological polar surface area (TPSA) is 56.2 Å². The molecule has 0 fully saturated rings. The first-order valence-electron chi connectivity index (χ1n) is 10.1. The molecule has 0 aliphatic carbocycles. The number of ether oxygens (including phenoxy) is 1. The van der Waals surface area contributed by atoms with Gasteiger partial charge in [-0.15, -0.1) is 0 Å². The van der Waals surface area contributed by atoms with E-state index >= 15 is 0 Å². The molecule has 29 heavy (non-hydrogen) atoms. The second-order valence-electron chi connectivity index (χ2n) is 7.52. The van der Waals surface area contributed by atoms with Gasteiger partial charge in [-0.2, -0.15) is 5.10 Å². The maximum absolute atomic E-state index is 12.4. The van der Waals surface area contributed by atoms with Crippen molar-refractivity contribution in [1.29, 1.82) is 0 Å². The summed E-state index contributed by atoms with van der Waals surface area (Å²) in [7, 11) is 0. The largest absolute Gasteiger partial charge is 0.489 e. The van der Waals surface area contributed by atoms with Crippen LogP contribution in [0, 0.1) is 6.92 Å². The Hall–Kier alpha value is -3.08. The molecule has 0 saturated carbocycles. The normalized spacial score (nSPS) is 10.9. The van der Waals surface area contributed by atoms with Gasteiger partial charge in [0.25, 0.3) is 5.91 Å². The van der Waals surface area contributed by atoms with Gasteiger partial charge in [-0.05, 0) is 60.7 Å². The fraction of sp³-hybridized carbons (Fsp3) is 0.333. The lowest BCUT2D eigenvalue weighted by Crippen LogP contribution is -2.25. The summed E-state index contributed by atoms with van der Waals surface area (Å²) in [4.78, 5) is 12.4. The number of nitrogens with zero attached hydrogens (tertiary/aromatic N) is 2. The van der Waals surface area contributed by atoms with Crippen LogP contribution in [0.25, 0.3) is 0 Å². The molecule has 5 nitrogen and oxygen atoms in total. The number of carbonyl (C=O) groups is 1. The minimum atomic E-state index is -0.0645. The van der Waals surface area contributed by atoms with Crippen LogP contribution >= 0.6 is 0 Å². The lowest BCUT2D eigenvalue weighted by atomic mass is 10.0. The summed E-state index contributed by atoms with van der Waals surface area (Å²) in [5.74, 6) is 1.27. The molecule has 0 bridgehead atoms. The molecule has 3 aromatic rings. The zero-order valence-corrected chi connectivity index (χ0v) is 17.4. The van der Waals surface area contributed by atoms with Crippen molar-refractivity contribution in [1.82, 2.24) is 15.1 Å². The fourth-order valence-electron chi connectivity index (χ4n) is 3.08. The number of benzene rings is 2. The molecule has 0 aliphatic rings. The Balaban J connectivity index is 1.47. The van der Waals surface area contributed by atoms with Crippen molar-refractivity contribution < 1.29 is 9.53 Å². The molecule has 0 spiro atoms. The van der Waals surface area contributed by atoms with Crippen LogP contribution in [0.4, 0.5) is 0 Å². The van der Waals surface area contributed by atoms with Crippen molar-refractivity contribution in [2.24, 2.45) is 0 Å². The van der Waals surface area contributed by atoms with Gasteiger partial charge in [-0.3, -0.25) is 9.48 Å². The van der Waals surface area contributed by atoms with E-state index in [4.69, 9.17) is 4.74 Å². The predicted molar refractivity (Wildman–Crippen MR) is 115 cm³/mol. The van der Waals surface area contributed by atoms with Gasteiger partial charge in [-0.25, -0.2) is 0 Å². The minimum Gasteiger partial charge on any atom is -0.489 e. The summed E-state index contributed by atoms with van der Waals surface area (Å²) in [6, 6.07) is 17.7. The fourth-order valence-corrected chi connectivity index (χ4v) is 3.08. The Bertz CT molecular complexity index is 929. The van der Waals surface area contributed by atoms with E-state index in [-0.39, 0.29) is 5.91 Å². The standard InChI is InChI=1S/C24H29N3O2/c1-18(2)21-8-10-23(11-9-21)29-17-20-6-4-7-22(16-20)24(28)25-13-5-15-27-19(3)12-14-26-27/h4,6-12,14,16,18H,5,13,15,17H2,1-3H3,(H,25,28). The number of rotatable bonds is 9. The first-order valence-corrected chi connectivity index (χ1v) is 10.1. The number of aryl methyl sites for hydroxylation is 2. The Morgan fingerprint density at radius 3 is 2.62 bits per heavy atom. The van der Waals surface area contributed by atoms with Crippen LogP contribution in [0.15, 0.2) is 60.8 Å². The molecule has 3 rings (SSSR count). The second kappa shape index (κ2) is 9.92. The highest BCUT2D eigenvalue weighted by molar-refractivity contribution is 5.94.